The van der Waals surface area contributed by atoms with Crippen molar-refractivity contribution in [3.8, 4) is 0 Å². The van der Waals surface area contributed by atoms with E-state index in [9.17, 15) is 0 Å². The van der Waals surface area contributed by atoms with Crippen molar-refractivity contribution < 1.29 is 5.11 Å². The van der Waals surface area contributed by atoms with Crippen molar-refractivity contribution in [2.45, 2.75) is 25.8 Å². The van der Waals surface area contributed by atoms with Crippen LogP contribution in [0, 0.1) is 6.92 Å². The molecule has 3 N–H and O–H groups in total. The first kappa shape index (κ1) is 10.2. The maximum atomic E-state index is 9.00. The van der Waals surface area contributed by atoms with Gasteiger partial charge in [-0.05, 0) is 37.5 Å². The zero-order chi connectivity index (χ0) is 9.90. The molecule has 1 heterocycles. The van der Waals surface area contributed by atoms with Crippen LogP contribution in [0.2, 0.25) is 0 Å². The number of aliphatic hydroxyl groups excluding tert-OH is 1. The summed E-state index contributed by atoms with van der Waals surface area (Å²) in [6.07, 6.45) is 4.21. The third-order valence-corrected chi connectivity index (χ3v) is 2.10. The van der Waals surface area contributed by atoms with Crippen molar-refractivity contribution in [1.82, 2.24) is 4.98 Å². The Hall–Kier alpha value is -0.930. The van der Waals surface area contributed by atoms with Crippen LogP contribution in [0.1, 0.15) is 18.1 Å². The largest absolute Gasteiger partial charge is 0.394 e. The van der Waals surface area contributed by atoms with E-state index in [0.717, 1.165) is 5.56 Å². The highest BCUT2D eigenvalue weighted by Gasteiger charge is 2.18. The summed E-state index contributed by atoms with van der Waals surface area (Å²) in [5, 5.41) is 9.00. The number of aryl methyl sites for hydroxylation is 1. The van der Waals surface area contributed by atoms with Crippen LogP contribution >= 0.6 is 0 Å². The average molecular weight is 180 g/mol. The van der Waals surface area contributed by atoms with Gasteiger partial charge in [0.2, 0.25) is 0 Å². The molecule has 1 unspecified atom stereocenters. The molecule has 0 spiro atoms. The fourth-order valence-corrected chi connectivity index (χ4v) is 1.17. The SMILES string of the molecule is Cc1ccncc1CC(C)(N)CO. The highest BCUT2D eigenvalue weighted by Crippen LogP contribution is 2.12. The number of nitrogens with zero attached hydrogens (tertiary/aromatic N) is 1. The summed E-state index contributed by atoms with van der Waals surface area (Å²) in [5.74, 6) is 0. The molecular weight excluding hydrogens is 164 g/mol. The highest BCUT2D eigenvalue weighted by atomic mass is 16.3. The quantitative estimate of drug-likeness (QED) is 0.717. The van der Waals surface area contributed by atoms with Crippen molar-refractivity contribution in [3.05, 3.63) is 29.6 Å². The minimum absolute atomic E-state index is 0.0126. The summed E-state index contributed by atoms with van der Waals surface area (Å²) in [5.41, 5.74) is 7.56. The van der Waals surface area contributed by atoms with Crippen LogP contribution in [0.5, 0.6) is 0 Å². The van der Waals surface area contributed by atoms with Crippen LogP contribution in [-0.4, -0.2) is 22.2 Å². The first-order valence-corrected chi connectivity index (χ1v) is 4.34. The number of nitrogens with two attached hydrogens (primary N) is 1. The van der Waals surface area contributed by atoms with E-state index in [-0.39, 0.29) is 6.61 Å². The Kier molecular flexibility index (Phi) is 3.01. The third kappa shape index (κ3) is 2.79. The molecule has 0 amide bonds. The summed E-state index contributed by atoms with van der Waals surface area (Å²) >= 11 is 0. The Bertz CT molecular complexity index is 284. The molecule has 3 nitrogen and oxygen atoms in total. The van der Waals surface area contributed by atoms with E-state index in [2.05, 4.69) is 4.98 Å². The molecule has 0 radical (unpaired) electrons. The lowest BCUT2D eigenvalue weighted by Crippen LogP contribution is -2.42. The molecule has 0 saturated carbocycles. The summed E-state index contributed by atoms with van der Waals surface area (Å²) in [4.78, 5) is 4.03. The molecule has 0 saturated heterocycles. The van der Waals surface area contributed by atoms with Crippen LogP contribution in [0.15, 0.2) is 18.5 Å². The van der Waals surface area contributed by atoms with E-state index >= 15 is 0 Å². The average Bonchev–Trinajstić information content (AvgIpc) is 2.09. The smallest absolute Gasteiger partial charge is 0.0611 e. The van der Waals surface area contributed by atoms with Gasteiger partial charge in [-0.2, -0.15) is 0 Å². The van der Waals surface area contributed by atoms with E-state index < -0.39 is 5.54 Å². The van der Waals surface area contributed by atoms with Crippen molar-refractivity contribution in [2.24, 2.45) is 5.73 Å². The predicted octanol–water partition coefficient (Wildman–Crippen LogP) is 0.642. The van der Waals surface area contributed by atoms with Crippen molar-refractivity contribution in [1.29, 1.82) is 0 Å². The number of pyridine rings is 1. The van der Waals surface area contributed by atoms with Crippen LogP contribution in [0.4, 0.5) is 0 Å². The minimum atomic E-state index is -0.548. The van der Waals surface area contributed by atoms with E-state index in [1.54, 1.807) is 12.4 Å². The van der Waals surface area contributed by atoms with Crippen molar-refractivity contribution in [2.75, 3.05) is 6.61 Å². The molecule has 0 aromatic carbocycles. The van der Waals surface area contributed by atoms with Gasteiger partial charge in [0.05, 0.1) is 6.61 Å². The highest BCUT2D eigenvalue weighted by molar-refractivity contribution is 5.23. The standard InChI is InChI=1S/C10H16N2O/c1-8-3-4-12-6-9(8)5-10(2,11)7-13/h3-4,6,13H,5,7,11H2,1-2H3. The molecule has 0 aliphatic heterocycles. The number of hydrogen-bond acceptors (Lipinski definition) is 3. The van der Waals surface area contributed by atoms with Gasteiger partial charge in [-0.15, -0.1) is 0 Å². The summed E-state index contributed by atoms with van der Waals surface area (Å²) in [6.45, 7) is 3.84. The molecular formula is C10H16N2O. The van der Waals surface area contributed by atoms with Gasteiger partial charge in [0.1, 0.15) is 0 Å². The molecule has 3 heteroatoms. The Morgan fingerprint density at radius 2 is 2.31 bits per heavy atom. The first-order chi connectivity index (χ1) is 6.05. The monoisotopic (exact) mass is 180 g/mol. The molecule has 1 aromatic rings. The second kappa shape index (κ2) is 3.85. The van der Waals surface area contributed by atoms with Gasteiger partial charge in [-0.1, -0.05) is 0 Å². The van der Waals surface area contributed by atoms with E-state index in [1.807, 2.05) is 19.9 Å². The maximum Gasteiger partial charge on any atom is 0.0611 e. The zero-order valence-corrected chi connectivity index (χ0v) is 8.12. The van der Waals surface area contributed by atoms with Crippen LogP contribution in [0.25, 0.3) is 0 Å². The topological polar surface area (TPSA) is 59.1 Å². The number of aromatic nitrogens is 1. The van der Waals surface area contributed by atoms with Crippen LogP contribution in [0.3, 0.4) is 0 Å². The molecule has 1 rings (SSSR count). The number of aliphatic hydroxyl groups is 1. The van der Waals surface area contributed by atoms with E-state index in [0.29, 0.717) is 6.42 Å². The van der Waals surface area contributed by atoms with Gasteiger partial charge in [-0.25, -0.2) is 0 Å². The lowest BCUT2D eigenvalue weighted by molar-refractivity contribution is 0.208. The number of hydrogen-bond donors (Lipinski definition) is 2. The Morgan fingerprint density at radius 3 is 2.85 bits per heavy atom. The zero-order valence-electron chi connectivity index (χ0n) is 8.12. The third-order valence-electron chi connectivity index (χ3n) is 2.10. The van der Waals surface area contributed by atoms with Crippen LogP contribution in [-0.2, 0) is 6.42 Å². The Balaban J connectivity index is 2.80. The fourth-order valence-electron chi connectivity index (χ4n) is 1.17. The van der Waals surface area contributed by atoms with Gasteiger partial charge in [-0.3, -0.25) is 4.98 Å². The second-order valence-corrected chi connectivity index (χ2v) is 3.79. The van der Waals surface area contributed by atoms with Gasteiger partial charge >= 0.3 is 0 Å². The number of rotatable bonds is 3. The fraction of sp³-hybridized carbons (Fsp3) is 0.500. The minimum Gasteiger partial charge on any atom is -0.394 e. The first-order valence-electron chi connectivity index (χ1n) is 4.34. The normalized spacial score (nSPS) is 15.4. The van der Waals surface area contributed by atoms with Gasteiger partial charge in [0.25, 0.3) is 0 Å². The molecule has 0 fully saturated rings. The Morgan fingerprint density at radius 1 is 1.62 bits per heavy atom. The summed E-state index contributed by atoms with van der Waals surface area (Å²) in [6, 6.07) is 1.95. The van der Waals surface area contributed by atoms with E-state index in [1.165, 1.54) is 5.56 Å². The summed E-state index contributed by atoms with van der Waals surface area (Å²) in [7, 11) is 0. The molecule has 1 atom stereocenters. The molecule has 0 aliphatic rings. The molecule has 13 heavy (non-hydrogen) atoms. The predicted molar refractivity (Wildman–Crippen MR) is 52.4 cm³/mol. The second-order valence-electron chi connectivity index (χ2n) is 3.79. The molecule has 0 aliphatic carbocycles. The molecule has 0 bridgehead atoms. The summed E-state index contributed by atoms with van der Waals surface area (Å²) < 4.78 is 0. The lowest BCUT2D eigenvalue weighted by Gasteiger charge is -2.22. The molecule has 1 aromatic heterocycles. The molecule has 72 valence electrons. The maximum absolute atomic E-state index is 9.00. The van der Waals surface area contributed by atoms with Crippen molar-refractivity contribution in [3.63, 3.8) is 0 Å². The van der Waals surface area contributed by atoms with Gasteiger partial charge in [0.15, 0.2) is 0 Å². The Labute approximate surface area is 78.6 Å². The van der Waals surface area contributed by atoms with Gasteiger partial charge in [0, 0.05) is 17.9 Å². The van der Waals surface area contributed by atoms with Crippen LogP contribution < -0.4 is 5.73 Å². The van der Waals surface area contributed by atoms with E-state index in [4.69, 9.17) is 10.8 Å². The van der Waals surface area contributed by atoms with Crippen molar-refractivity contribution >= 4 is 0 Å². The lowest BCUT2D eigenvalue weighted by atomic mass is 9.94. The van der Waals surface area contributed by atoms with Gasteiger partial charge < -0.3 is 10.8 Å².